The van der Waals surface area contributed by atoms with Crippen molar-refractivity contribution in [2.45, 2.75) is 19.7 Å². The fourth-order valence-corrected chi connectivity index (χ4v) is 1.78. The van der Waals surface area contributed by atoms with Gasteiger partial charge in [-0.1, -0.05) is 18.5 Å². The molecule has 0 unspecified atom stereocenters. The fraction of sp³-hybridized carbons (Fsp3) is 0.231. The van der Waals surface area contributed by atoms with E-state index in [1.807, 2.05) is 6.92 Å². The van der Waals surface area contributed by atoms with E-state index >= 15 is 0 Å². The highest BCUT2D eigenvalue weighted by atomic mass is 35.5. The average molecular weight is 318 g/mol. The van der Waals surface area contributed by atoms with E-state index in [1.54, 1.807) is 0 Å². The van der Waals surface area contributed by atoms with Crippen molar-refractivity contribution in [3.8, 4) is 5.75 Å². The zero-order valence-electron chi connectivity index (χ0n) is 10.9. The van der Waals surface area contributed by atoms with E-state index in [1.165, 1.54) is 30.3 Å². The molecule has 0 aliphatic heterocycles. The second kappa shape index (κ2) is 6.17. The monoisotopic (exact) mass is 317 g/mol. The van der Waals surface area contributed by atoms with Gasteiger partial charge in [0.15, 0.2) is 0 Å². The zero-order valence-corrected chi connectivity index (χ0v) is 11.7. The van der Waals surface area contributed by atoms with Gasteiger partial charge in [-0.2, -0.15) is 0 Å². The number of hydrogen-bond donors (Lipinski definition) is 1. The van der Waals surface area contributed by atoms with Crippen molar-refractivity contribution < 1.29 is 17.9 Å². The van der Waals surface area contributed by atoms with E-state index < -0.39 is 6.36 Å². The first-order chi connectivity index (χ1) is 9.85. The van der Waals surface area contributed by atoms with Crippen molar-refractivity contribution in [3.63, 3.8) is 0 Å². The number of benzene rings is 1. The fourth-order valence-electron chi connectivity index (χ4n) is 1.57. The second-order valence-corrected chi connectivity index (χ2v) is 4.43. The number of aryl methyl sites for hydroxylation is 1. The molecule has 1 aromatic carbocycles. The Morgan fingerprint density at radius 3 is 2.43 bits per heavy atom. The lowest BCUT2D eigenvalue weighted by Crippen LogP contribution is -2.16. The van der Waals surface area contributed by atoms with Crippen LogP contribution < -0.4 is 10.1 Å². The molecular formula is C13H11ClF3N3O. The summed E-state index contributed by atoms with van der Waals surface area (Å²) in [6.07, 6.45) is -4.08. The van der Waals surface area contributed by atoms with Crippen molar-refractivity contribution in [3.05, 3.63) is 41.3 Å². The lowest BCUT2D eigenvalue weighted by atomic mass is 10.3. The first-order valence-corrected chi connectivity index (χ1v) is 6.40. The van der Waals surface area contributed by atoms with Crippen molar-refractivity contribution in [1.82, 2.24) is 9.97 Å². The van der Waals surface area contributed by atoms with Crippen LogP contribution in [0.25, 0.3) is 0 Å². The first kappa shape index (κ1) is 15.4. The Kier molecular flexibility index (Phi) is 4.52. The van der Waals surface area contributed by atoms with Crippen LogP contribution in [-0.4, -0.2) is 16.3 Å². The lowest BCUT2D eigenvalue weighted by Gasteiger charge is -2.10. The highest BCUT2D eigenvalue weighted by Gasteiger charge is 2.30. The largest absolute Gasteiger partial charge is 0.573 e. The molecular weight excluding hydrogens is 307 g/mol. The third-order valence-electron chi connectivity index (χ3n) is 2.42. The van der Waals surface area contributed by atoms with E-state index in [2.05, 4.69) is 20.0 Å². The van der Waals surface area contributed by atoms with Gasteiger partial charge in [0.2, 0.25) is 0 Å². The standard InChI is InChI=1S/C13H11ClF3N3O/c1-2-11-19-10(14)7-12(20-11)18-8-3-5-9(6-4-8)21-13(15,16)17/h3-7H,2H2,1H3,(H,18,19,20). The van der Waals surface area contributed by atoms with Crippen molar-refractivity contribution in [2.75, 3.05) is 5.32 Å². The van der Waals surface area contributed by atoms with Crippen LogP contribution in [0.5, 0.6) is 5.75 Å². The Morgan fingerprint density at radius 2 is 1.86 bits per heavy atom. The molecule has 0 spiro atoms. The Morgan fingerprint density at radius 1 is 1.19 bits per heavy atom. The number of nitrogens with zero attached hydrogens (tertiary/aromatic N) is 2. The van der Waals surface area contributed by atoms with Crippen LogP contribution >= 0.6 is 11.6 Å². The van der Waals surface area contributed by atoms with Crippen LogP contribution in [0.4, 0.5) is 24.7 Å². The van der Waals surface area contributed by atoms with Gasteiger partial charge in [0.05, 0.1) is 0 Å². The van der Waals surface area contributed by atoms with Crippen LogP contribution in [0.2, 0.25) is 5.15 Å². The molecule has 0 saturated carbocycles. The van der Waals surface area contributed by atoms with Gasteiger partial charge >= 0.3 is 6.36 Å². The maximum atomic E-state index is 12.0. The van der Waals surface area contributed by atoms with Gasteiger partial charge in [-0.25, -0.2) is 9.97 Å². The summed E-state index contributed by atoms with van der Waals surface area (Å²) in [5.41, 5.74) is 0.557. The molecule has 21 heavy (non-hydrogen) atoms. The third-order valence-corrected chi connectivity index (χ3v) is 2.61. The first-order valence-electron chi connectivity index (χ1n) is 6.02. The smallest absolute Gasteiger partial charge is 0.406 e. The highest BCUT2D eigenvalue weighted by molar-refractivity contribution is 6.29. The van der Waals surface area contributed by atoms with Gasteiger partial charge in [-0.3, -0.25) is 0 Å². The Labute approximate surface area is 123 Å². The van der Waals surface area contributed by atoms with Crippen molar-refractivity contribution in [2.24, 2.45) is 0 Å². The quantitative estimate of drug-likeness (QED) is 0.852. The normalized spacial score (nSPS) is 11.3. The van der Waals surface area contributed by atoms with E-state index in [9.17, 15) is 13.2 Å². The predicted molar refractivity (Wildman–Crippen MR) is 72.8 cm³/mol. The van der Waals surface area contributed by atoms with Gasteiger partial charge in [-0.15, -0.1) is 13.2 Å². The number of alkyl halides is 3. The van der Waals surface area contributed by atoms with E-state index in [-0.39, 0.29) is 5.75 Å². The molecule has 8 heteroatoms. The van der Waals surface area contributed by atoms with Crippen LogP contribution in [0.3, 0.4) is 0 Å². The van der Waals surface area contributed by atoms with Gasteiger partial charge in [0, 0.05) is 18.2 Å². The lowest BCUT2D eigenvalue weighted by molar-refractivity contribution is -0.274. The molecule has 1 heterocycles. The van der Waals surface area contributed by atoms with Gasteiger partial charge in [0.25, 0.3) is 0 Å². The summed E-state index contributed by atoms with van der Waals surface area (Å²) in [7, 11) is 0. The third kappa shape index (κ3) is 4.78. The molecule has 4 nitrogen and oxygen atoms in total. The number of anilines is 2. The predicted octanol–water partition coefficient (Wildman–Crippen LogP) is 4.33. The molecule has 0 atom stereocenters. The van der Waals surface area contributed by atoms with Crippen molar-refractivity contribution >= 4 is 23.1 Å². The number of hydrogen-bond acceptors (Lipinski definition) is 4. The van der Waals surface area contributed by atoms with Crippen molar-refractivity contribution in [1.29, 1.82) is 0 Å². The average Bonchev–Trinajstić information content (AvgIpc) is 2.38. The Balaban J connectivity index is 2.11. The number of ether oxygens (including phenoxy) is 1. The summed E-state index contributed by atoms with van der Waals surface area (Å²) in [5.74, 6) is 0.751. The number of nitrogens with one attached hydrogen (secondary N) is 1. The molecule has 112 valence electrons. The molecule has 0 saturated heterocycles. The van der Waals surface area contributed by atoms with E-state index in [4.69, 9.17) is 11.6 Å². The minimum atomic E-state index is -4.70. The molecule has 1 aromatic heterocycles. The molecule has 1 N–H and O–H groups in total. The molecule has 2 aromatic rings. The van der Waals surface area contributed by atoms with Gasteiger partial charge in [0.1, 0.15) is 22.5 Å². The molecule has 0 fully saturated rings. The van der Waals surface area contributed by atoms with Crippen LogP contribution in [0.1, 0.15) is 12.7 Å². The number of aromatic nitrogens is 2. The van der Waals surface area contributed by atoms with E-state index in [0.717, 1.165) is 0 Å². The Hall–Kier alpha value is -2.02. The summed E-state index contributed by atoms with van der Waals surface area (Å²) in [5, 5.41) is 3.23. The molecule has 0 radical (unpaired) electrons. The van der Waals surface area contributed by atoms with Gasteiger partial charge in [-0.05, 0) is 24.3 Å². The summed E-state index contributed by atoms with van der Waals surface area (Å²) in [6.45, 7) is 1.89. The molecule has 0 aliphatic rings. The summed E-state index contributed by atoms with van der Waals surface area (Å²) in [4.78, 5) is 8.23. The second-order valence-electron chi connectivity index (χ2n) is 4.04. The maximum Gasteiger partial charge on any atom is 0.573 e. The van der Waals surface area contributed by atoms with Crippen LogP contribution in [0, 0.1) is 0 Å². The number of halogens is 4. The summed E-state index contributed by atoms with van der Waals surface area (Å²) < 4.78 is 39.9. The summed E-state index contributed by atoms with van der Waals surface area (Å²) in [6, 6.07) is 6.84. The minimum absolute atomic E-state index is 0.289. The van der Waals surface area contributed by atoms with Gasteiger partial charge < -0.3 is 10.1 Å². The topological polar surface area (TPSA) is 47.0 Å². The molecule has 0 bridgehead atoms. The Bertz CT molecular complexity index is 617. The van der Waals surface area contributed by atoms with E-state index in [0.29, 0.717) is 28.9 Å². The summed E-state index contributed by atoms with van der Waals surface area (Å²) >= 11 is 5.86. The zero-order chi connectivity index (χ0) is 15.5. The minimum Gasteiger partial charge on any atom is -0.406 e. The molecule has 0 aliphatic carbocycles. The number of rotatable bonds is 4. The maximum absolute atomic E-state index is 12.0. The van der Waals surface area contributed by atoms with Crippen LogP contribution in [0.15, 0.2) is 30.3 Å². The SMILES string of the molecule is CCc1nc(Cl)cc(Nc2ccc(OC(F)(F)F)cc2)n1. The van der Waals surface area contributed by atoms with Crippen LogP contribution in [-0.2, 0) is 6.42 Å². The molecule has 0 amide bonds. The molecule has 2 rings (SSSR count). The highest BCUT2D eigenvalue weighted by Crippen LogP contribution is 2.25.